The standard InChI is InChI=1S/C24H23N5O3S2/c1-15-21(16-6-10-19(32-3)11-7-16)27-23(34-15)28-22(31)17-4-8-18(9-5-17)26-20(30)14-33-24-25-12-13-29(24)2/h4-13H,14H2,1-3H3,(H,26,30)(H,27,28,31). The molecule has 0 spiro atoms. The first kappa shape index (κ1) is 23.5. The fraction of sp³-hybridized carbons (Fsp3) is 0.167. The lowest BCUT2D eigenvalue weighted by Crippen LogP contribution is -2.15. The number of aryl methyl sites for hydroxylation is 2. The normalized spacial score (nSPS) is 10.7. The van der Waals surface area contributed by atoms with Crippen molar-refractivity contribution in [3.8, 4) is 17.0 Å². The van der Waals surface area contributed by atoms with Crippen molar-refractivity contribution in [1.82, 2.24) is 14.5 Å². The number of imidazole rings is 1. The molecule has 0 bridgehead atoms. The third kappa shape index (κ3) is 5.64. The summed E-state index contributed by atoms with van der Waals surface area (Å²) in [4.78, 5) is 34.7. The van der Waals surface area contributed by atoms with Crippen LogP contribution in [0.4, 0.5) is 10.8 Å². The molecule has 8 nitrogen and oxygen atoms in total. The number of thioether (sulfide) groups is 1. The van der Waals surface area contributed by atoms with E-state index in [9.17, 15) is 9.59 Å². The molecule has 2 heterocycles. The van der Waals surface area contributed by atoms with Crippen LogP contribution < -0.4 is 15.4 Å². The number of methoxy groups -OCH3 is 1. The Balaban J connectivity index is 1.34. The molecule has 0 unspecified atom stereocenters. The zero-order valence-electron chi connectivity index (χ0n) is 18.9. The topological polar surface area (TPSA) is 98.1 Å². The molecule has 0 aliphatic heterocycles. The summed E-state index contributed by atoms with van der Waals surface area (Å²) in [6.07, 6.45) is 3.52. The van der Waals surface area contributed by atoms with Gasteiger partial charge in [-0.05, 0) is 55.5 Å². The van der Waals surface area contributed by atoms with Gasteiger partial charge in [0.15, 0.2) is 10.3 Å². The van der Waals surface area contributed by atoms with Crippen LogP contribution in [0.1, 0.15) is 15.2 Å². The Bertz CT molecular complexity index is 1300. The van der Waals surface area contributed by atoms with E-state index in [1.165, 1.54) is 23.1 Å². The van der Waals surface area contributed by atoms with Crippen LogP contribution in [0.3, 0.4) is 0 Å². The van der Waals surface area contributed by atoms with Crippen molar-refractivity contribution in [2.24, 2.45) is 7.05 Å². The summed E-state index contributed by atoms with van der Waals surface area (Å²) in [6, 6.07) is 14.4. The van der Waals surface area contributed by atoms with Crippen molar-refractivity contribution in [2.75, 3.05) is 23.5 Å². The maximum absolute atomic E-state index is 12.7. The number of hydrogen-bond acceptors (Lipinski definition) is 7. The molecular weight excluding hydrogens is 470 g/mol. The molecule has 2 amide bonds. The number of thiazole rings is 1. The number of nitrogens with zero attached hydrogens (tertiary/aromatic N) is 3. The number of amides is 2. The number of anilines is 2. The quantitative estimate of drug-likeness (QED) is 0.341. The zero-order valence-corrected chi connectivity index (χ0v) is 20.5. The maximum Gasteiger partial charge on any atom is 0.257 e. The van der Waals surface area contributed by atoms with Gasteiger partial charge in [0, 0.05) is 41.1 Å². The van der Waals surface area contributed by atoms with Crippen LogP contribution in [-0.4, -0.2) is 39.2 Å². The molecular formula is C24H23N5O3S2. The molecule has 174 valence electrons. The second-order valence-electron chi connectivity index (χ2n) is 7.34. The molecule has 2 aromatic heterocycles. The number of hydrogen-bond donors (Lipinski definition) is 2. The molecule has 10 heteroatoms. The predicted molar refractivity (Wildman–Crippen MR) is 136 cm³/mol. The lowest BCUT2D eigenvalue weighted by atomic mass is 10.1. The van der Waals surface area contributed by atoms with Crippen molar-refractivity contribution in [3.05, 3.63) is 71.4 Å². The van der Waals surface area contributed by atoms with E-state index in [1.54, 1.807) is 37.6 Å². The van der Waals surface area contributed by atoms with Crippen LogP contribution in [0.2, 0.25) is 0 Å². The van der Waals surface area contributed by atoms with E-state index in [0.717, 1.165) is 27.0 Å². The van der Waals surface area contributed by atoms with Gasteiger partial charge < -0.3 is 14.6 Å². The number of carbonyl (C=O) groups is 2. The molecule has 0 aliphatic carbocycles. The Labute approximate surface area is 205 Å². The Morgan fingerprint density at radius 1 is 1.09 bits per heavy atom. The monoisotopic (exact) mass is 493 g/mol. The molecule has 0 atom stereocenters. The van der Waals surface area contributed by atoms with E-state index in [1.807, 2.05) is 49.0 Å². The van der Waals surface area contributed by atoms with E-state index in [2.05, 4.69) is 20.6 Å². The Morgan fingerprint density at radius 3 is 2.47 bits per heavy atom. The van der Waals surface area contributed by atoms with Gasteiger partial charge in [-0.1, -0.05) is 11.8 Å². The van der Waals surface area contributed by atoms with Crippen LogP contribution in [0.5, 0.6) is 5.75 Å². The van der Waals surface area contributed by atoms with Crippen LogP contribution in [0.25, 0.3) is 11.3 Å². The molecule has 2 aromatic carbocycles. The largest absolute Gasteiger partial charge is 0.497 e. The molecule has 4 rings (SSSR count). The first-order valence-corrected chi connectivity index (χ1v) is 12.2. The minimum absolute atomic E-state index is 0.144. The van der Waals surface area contributed by atoms with Crippen LogP contribution in [0, 0.1) is 6.92 Å². The van der Waals surface area contributed by atoms with Crippen LogP contribution >= 0.6 is 23.1 Å². The van der Waals surface area contributed by atoms with Crippen molar-refractivity contribution in [3.63, 3.8) is 0 Å². The van der Waals surface area contributed by atoms with Crippen molar-refractivity contribution in [1.29, 1.82) is 0 Å². The average molecular weight is 494 g/mol. The first-order valence-electron chi connectivity index (χ1n) is 10.4. The van der Waals surface area contributed by atoms with Crippen molar-refractivity contribution < 1.29 is 14.3 Å². The minimum atomic E-state index is -0.266. The van der Waals surface area contributed by atoms with Gasteiger partial charge in [0.1, 0.15) is 5.75 Å². The van der Waals surface area contributed by atoms with E-state index in [0.29, 0.717) is 16.4 Å². The fourth-order valence-corrected chi connectivity index (χ4v) is 4.72. The molecule has 0 saturated heterocycles. The zero-order chi connectivity index (χ0) is 24.1. The van der Waals surface area contributed by atoms with E-state index < -0.39 is 0 Å². The summed E-state index contributed by atoms with van der Waals surface area (Å²) >= 11 is 2.78. The summed E-state index contributed by atoms with van der Waals surface area (Å²) in [5.74, 6) is 0.608. The van der Waals surface area contributed by atoms with Gasteiger partial charge in [0.25, 0.3) is 5.91 Å². The summed E-state index contributed by atoms with van der Waals surface area (Å²) in [5.41, 5.74) is 2.87. The summed E-state index contributed by atoms with van der Waals surface area (Å²) < 4.78 is 7.06. The van der Waals surface area contributed by atoms with Gasteiger partial charge in [0.2, 0.25) is 5.91 Å². The van der Waals surface area contributed by atoms with Gasteiger partial charge in [-0.2, -0.15) is 0 Å². The smallest absolute Gasteiger partial charge is 0.257 e. The number of rotatable bonds is 8. The minimum Gasteiger partial charge on any atom is -0.497 e. The summed E-state index contributed by atoms with van der Waals surface area (Å²) in [7, 11) is 3.50. The van der Waals surface area contributed by atoms with Gasteiger partial charge in [0.05, 0.1) is 18.6 Å². The third-order valence-corrected chi connectivity index (χ3v) is 6.87. The Morgan fingerprint density at radius 2 is 1.82 bits per heavy atom. The fourth-order valence-electron chi connectivity index (χ4n) is 3.16. The van der Waals surface area contributed by atoms with E-state index >= 15 is 0 Å². The number of benzene rings is 2. The van der Waals surface area contributed by atoms with Gasteiger partial charge >= 0.3 is 0 Å². The molecule has 34 heavy (non-hydrogen) atoms. The van der Waals surface area contributed by atoms with E-state index in [-0.39, 0.29) is 17.6 Å². The van der Waals surface area contributed by atoms with Gasteiger partial charge in [-0.25, -0.2) is 9.97 Å². The highest BCUT2D eigenvalue weighted by atomic mass is 32.2. The second kappa shape index (κ2) is 10.5. The lowest BCUT2D eigenvalue weighted by Gasteiger charge is -2.07. The maximum atomic E-state index is 12.7. The molecule has 0 radical (unpaired) electrons. The van der Waals surface area contributed by atoms with Crippen molar-refractivity contribution in [2.45, 2.75) is 12.1 Å². The number of aromatic nitrogens is 3. The predicted octanol–water partition coefficient (Wildman–Crippen LogP) is 4.84. The lowest BCUT2D eigenvalue weighted by molar-refractivity contribution is -0.113. The summed E-state index contributed by atoms with van der Waals surface area (Å²) in [6.45, 7) is 1.97. The second-order valence-corrected chi connectivity index (χ2v) is 9.49. The number of ether oxygens (including phenoxy) is 1. The highest BCUT2D eigenvalue weighted by Crippen LogP contribution is 2.31. The molecule has 4 aromatic rings. The van der Waals surface area contributed by atoms with E-state index in [4.69, 9.17) is 4.74 Å². The van der Waals surface area contributed by atoms with Gasteiger partial charge in [-0.15, -0.1) is 11.3 Å². The van der Waals surface area contributed by atoms with Gasteiger partial charge in [-0.3, -0.25) is 14.9 Å². The Kier molecular flexibility index (Phi) is 7.29. The third-order valence-electron chi connectivity index (χ3n) is 4.92. The molecule has 2 N–H and O–H groups in total. The molecule has 0 saturated carbocycles. The molecule has 0 fully saturated rings. The molecule has 0 aliphatic rings. The highest BCUT2D eigenvalue weighted by molar-refractivity contribution is 7.99. The number of carbonyl (C=O) groups excluding carboxylic acids is 2. The average Bonchev–Trinajstić information content (AvgIpc) is 3.42. The van der Waals surface area contributed by atoms with Crippen LogP contribution in [-0.2, 0) is 11.8 Å². The number of nitrogens with one attached hydrogen (secondary N) is 2. The first-order chi connectivity index (χ1) is 16.4. The Hall–Kier alpha value is -3.63. The summed E-state index contributed by atoms with van der Waals surface area (Å²) in [5, 5.41) is 6.98. The van der Waals surface area contributed by atoms with Crippen LogP contribution in [0.15, 0.2) is 66.1 Å². The SMILES string of the molecule is COc1ccc(-c2nc(NC(=O)c3ccc(NC(=O)CSc4nccn4C)cc3)sc2C)cc1. The van der Waals surface area contributed by atoms with Crippen molar-refractivity contribution >= 4 is 45.7 Å². The highest BCUT2D eigenvalue weighted by Gasteiger charge is 2.14.